The summed E-state index contributed by atoms with van der Waals surface area (Å²) in [6, 6.07) is -0.566. The molecule has 0 heterocycles. The predicted octanol–water partition coefficient (Wildman–Crippen LogP) is 0.902. The molecule has 0 fully saturated rings. The van der Waals surface area contributed by atoms with Gasteiger partial charge in [0.05, 0.1) is 6.04 Å². The van der Waals surface area contributed by atoms with Crippen LogP contribution in [0.25, 0.3) is 0 Å². The van der Waals surface area contributed by atoms with Crippen molar-refractivity contribution < 1.29 is 9.59 Å². The molecule has 0 aliphatic heterocycles. The normalized spacial score (nSPS) is 18.7. The molecule has 0 spiro atoms. The van der Waals surface area contributed by atoms with Crippen molar-refractivity contribution >= 4 is 21.4 Å². The summed E-state index contributed by atoms with van der Waals surface area (Å²) in [5, 5.41) is 1.77. The quantitative estimate of drug-likeness (QED) is 0.540. The van der Waals surface area contributed by atoms with E-state index in [0.717, 1.165) is 12.7 Å². The number of amides is 1. The zero-order chi connectivity index (χ0) is 12.9. The maximum Gasteiger partial charge on any atom is 0.238 e. The van der Waals surface area contributed by atoms with Gasteiger partial charge in [-0.15, -0.1) is 9.24 Å². The van der Waals surface area contributed by atoms with Crippen LogP contribution in [0.3, 0.4) is 0 Å². The molecule has 0 aromatic rings. The van der Waals surface area contributed by atoms with Crippen LogP contribution in [0, 0.1) is 11.8 Å². The van der Waals surface area contributed by atoms with Crippen LogP contribution < -0.4 is 11.1 Å². The molecule has 16 heavy (non-hydrogen) atoms. The van der Waals surface area contributed by atoms with E-state index in [1.54, 1.807) is 0 Å². The summed E-state index contributed by atoms with van der Waals surface area (Å²) < 4.78 is 0. The minimum absolute atomic E-state index is 0.00285. The van der Waals surface area contributed by atoms with E-state index in [9.17, 15) is 9.59 Å². The summed E-state index contributed by atoms with van der Waals surface area (Å²) >= 11 is 0. The van der Waals surface area contributed by atoms with Gasteiger partial charge in [-0.1, -0.05) is 34.1 Å². The van der Waals surface area contributed by atoms with Crippen molar-refractivity contribution in [2.75, 3.05) is 0 Å². The minimum Gasteiger partial charge on any atom is -0.339 e. The molecule has 0 aromatic carbocycles. The third kappa shape index (κ3) is 3.84. The van der Waals surface area contributed by atoms with Gasteiger partial charge in [0.2, 0.25) is 5.91 Å². The Morgan fingerprint density at radius 1 is 1.50 bits per heavy atom. The highest BCUT2D eigenvalue weighted by molar-refractivity contribution is 7.20. The van der Waals surface area contributed by atoms with Crippen LogP contribution in [0.15, 0.2) is 0 Å². The summed E-state index contributed by atoms with van der Waals surface area (Å²) in [7, 11) is 2.39. The average molecular weight is 246 g/mol. The molecule has 0 saturated carbocycles. The molecule has 0 rings (SSSR count). The first-order chi connectivity index (χ1) is 7.28. The zero-order valence-electron chi connectivity index (χ0n) is 10.5. The maximum absolute atomic E-state index is 11.8. The van der Waals surface area contributed by atoms with E-state index in [1.165, 1.54) is 0 Å². The Labute approximate surface area is 99.9 Å². The van der Waals surface area contributed by atoms with Crippen LogP contribution in [0.5, 0.6) is 0 Å². The van der Waals surface area contributed by atoms with Crippen molar-refractivity contribution in [3.05, 3.63) is 0 Å². The van der Waals surface area contributed by atoms with Crippen molar-refractivity contribution in [1.82, 2.24) is 5.32 Å². The van der Waals surface area contributed by atoms with Crippen LogP contribution in [0.4, 0.5) is 0 Å². The molecule has 4 atom stereocenters. The van der Waals surface area contributed by atoms with Crippen molar-refractivity contribution in [3.63, 3.8) is 0 Å². The zero-order valence-corrected chi connectivity index (χ0v) is 11.6. The third-order valence-corrected chi connectivity index (χ3v) is 4.00. The van der Waals surface area contributed by atoms with E-state index in [1.807, 2.05) is 27.7 Å². The minimum atomic E-state index is -0.915. The lowest BCUT2D eigenvalue weighted by atomic mass is 9.98. The molecule has 0 aromatic heterocycles. The lowest BCUT2D eigenvalue weighted by Crippen LogP contribution is -2.55. The summed E-state index contributed by atoms with van der Waals surface area (Å²) in [4.78, 5) is 22.8. The van der Waals surface area contributed by atoms with Gasteiger partial charge in [0.25, 0.3) is 0 Å². The van der Waals surface area contributed by atoms with Crippen LogP contribution in [-0.2, 0) is 9.59 Å². The first-order valence-corrected chi connectivity index (χ1v) is 6.19. The number of hydrogen-bond acceptors (Lipinski definition) is 3. The highest BCUT2D eigenvalue weighted by Gasteiger charge is 2.32. The summed E-state index contributed by atoms with van der Waals surface area (Å²) in [6.45, 7) is 7.64. The van der Waals surface area contributed by atoms with E-state index in [4.69, 9.17) is 5.73 Å². The molecule has 0 radical (unpaired) electrons. The Morgan fingerprint density at radius 2 is 2.00 bits per heavy atom. The first kappa shape index (κ1) is 15.5. The van der Waals surface area contributed by atoms with Gasteiger partial charge in [-0.3, -0.25) is 4.79 Å². The van der Waals surface area contributed by atoms with E-state index in [-0.39, 0.29) is 17.7 Å². The standard InChI is InChI=1S/C11H23N2O2P/c1-5-8(4)9(12)10(15)13-11(16,6-14)7(2)3/h6-9H,5,12,16H2,1-4H3,(H,13,15)/t8-,9-,11-/m0/s1. The summed E-state index contributed by atoms with van der Waals surface area (Å²) in [6.07, 6.45) is 1.57. The van der Waals surface area contributed by atoms with Crippen LogP contribution in [0.1, 0.15) is 34.1 Å². The molecule has 1 unspecified atom stereocenters. The highest BCUT2D eigenvalue weighted by atomic mass is 31.0. The number of nitrogens with two attached hydrogens (primary N) is 1. The number of carbonyl (C=O) groups is 2. The maximum atomic E-state index is 11.8. The third-order valence-electron chi connectivity index (χ3n) is 3.05. The second kappa shape index (κ2) is 6.31. The average Bonchev–Trinajstić information content (AvgIpc) is 2.26. The van der Waals surface area contributed by atoms with Gasteiger partial charge < -0.3 is 15.8 Å². The summed E-state index contributed by atoms with van der Waals surface area (Å²) in [5.41, 5.74) is 5.80. The lowest BCUT2D eigenvalue weighted by molar-refractivity contribution is -0.127. The van der Waals surface area contributed by atoms with E-state index in [2.05, 4.69) is 14.6 Å². The van der Waals surface area contributed by atoms with Gasteiger partial charge in [-0.05, 0) is 11.8 Å². The topological polar surface area (TPSA) is 72.2 Å². The Bertz CT molecular complexity index is 258. The van der Waals surface area contributed by atoms with Crippen LogP contribution >= 0.6 is 9.24 Å². The molecule has 3 N–H and O–H groups in total. The van der Waals surface area contributed by atoms with Gasteiger partial charge in [0.15, 0.2) is 0 Å². The Kier molecular flexibility index (Phi) is 6.13. The Balaban J connectivity index is 4.60. The van der Waals surface area contributed by atoms with Gasteiger partial charge >= 0.3 is 0 Å². The van der Waals surface area contributed by atoms with Gasteiger partial charge in [0.1, 0.15) is 11.6 Å². The second-order valence-electron chi connectivity index (χ2n) is 4.61. The molecule has 94 valence electrons. The highest BCUT2D eigenvalue weighted by Crippen LogP contribution is 2.22. The number of rotatable bonds is 6. The molecule has 4 nitrogen and oxygen atoms in total. The lowest BCUT2D eigenvalue weighted by Gasteiger charge is -2.31. The van der Waals surface area contributed by atoms with Gasteiger partial charge in [0, 0.05) is 0 Å². The number of aldehydes is 1. The fourth-order valence-electron chi connectivity index (χ4n) is 1.12. The fraction of sp³-hybridized carbons (Fsp3) is 0.818. The van der Waals surface area contributed by atoms with Crippen molar-refractivity contribution in [1.29, 1.82) is 0 Å². The molecular weight excluding hydrogens is 223 g/mol. The molecule has 1 amide bonds. The fourth-order valence-corrected chi connectivity index (χ4v) is 1.26. The van der Waals surface area contributed by atoms with Crippen molar-refractivity contribution in [2.45, 2.75) is 45.4 Å². The predicted molar refractivity (Wildman–Crippen MR) is 68.9 cm³/mol. The number of hydrogen-bond donors (Lipinski definition) is 2. The molecule has 0 bridgehead atoms. The SMILES string of the molecule is CC[C@H](C)[C@H](N)C(=O)N[C@](P)(C=O)C(C)C. The van der Waals surface area contributed by atoms with Crippen LogP contribution in [-0.4, -0.2) is 23.5 Å². The van der Waals surface area contributed by atoms with Gasteiger partial charge in [-0.25, -0.2) is 0 Å². The number of nitrogens with one attached hydrogen (secondary N) is 1. The Morgan fingerprint density at radius 3 is 2.31 bits per heavy atom. The molecule has 0 saturated heterocycles. The largest absolute Gasteiger partial charge is 0.339 e. The van der Waals surface area contributed by atoms with Crippen molar-refractivity contribution in [2.24, 2.45) is 17.6 Å². The van der Waals surface area contributed by atoms with Crippen LogP contribution in [0.2, 0.25) is 0 Å². The molecule has 0 aliphatic carbocycles. The van der Waals surface area contributed by atoms with E-state index >= 15 is 0 Å². The molecule has 5 heteroatoms. The van der Waals surface area contributed by atoms with E-state index in [0.29, 0.717) is 0 Å². The van der Waals surface area contributed by atoms with E-state index < -0.39 is 11.3 Å². The second-order valence-corrected chi connectivity index (χ2v) is 5.56. The molecule has 0 aliphatic rings. The molecular formula is C11H23N2O2P. The van der Waals surface area contributed by atoms with Gasteiger partial charge in [-0.2, -0.15) is 0 Å². The first-order valence-electron chi connectivity index (χ1n) is 5.61. The summed E-state index contributed by atoms with van der Waals surface area (Å²) in [5.74, 6) is -0.165. The number of carbonyl (C=O) groups excluding carboxylic acids is 2. The van der Waals surface area contributed by atoms with Crippen molar-refractivity contribution in [3.8, 4) is 0 Å². The Hall–Kier alpha value is -0.470. The smallest absolute Gasteiger partial charge is 0.238 e. The monoisotopic (exact) mass is 246 g/mol.